The average Bonchev–Trinajstić information content (AvgIpc) is 2.76. The van der Waals surface area contributed by atoms with Crippen molar-refractivity contribution in [2.24, 2.45) is 0 Å². The second kappa shape index (κ2) is 14.7. The predicted octanol–water partition coefficient (Wildman–Crippen LogP) is 8.26. The number of aromatic nitrogens is 1. The van der Waals surface area contributed by atoms with E-state index in [2.05, 4.69) is 24.1 Å². The molecule has 0 aliphatic heterocycles. The van der Waals surface area contributed by atoms with Gasteiger partial charge in [-0.3, -0.25) is 9.78 Å². The quantitative estimate of drug-likeness (QED) is 0.279. The zero-order valence-electron chi connectivity index (χ0n) is 18.6. The zero-order chi connectivity index (χ0) is 21.6. The van der Waals surface area contributed by atoms with Gasteiger partial charge in [-0.05, 0) is 42.9 Å². The van der Waals surface area contributed by atoms with E-state index in [0.29, 0.717) is 10.7 Å². The highest BCUT2D eigenvalue weighted by molar-refractivity contribution is 8.00. The van der Waals surface area contributed by atoms with Crippen LogP contribution in [0.15, 0.2) is 30.5 Å². The number of halogens is 1. The number of rotatable bonds is 15. The van der Waals surface area contributed by atoms with Crippen LogP contribution in [0.5, 0.6) is 0 Å². The van der Waals surface area contributed by atoms with Crippen molar-refractivity contribution in [2.75, 3.05) is 11.1 Å². The van der Waals surface area contributed by atoms with E-state index in [1.165, 1.54) is 57.8 Å². The number of benzene rings is 1. The fraction of sp³-hybridized carbons (Fsp3) is 0.600. The van der Waals surface area contributed by atoms with Crippen molar-refractivity contribution < 1.29 is 4.79 Å². The highest BCUT2D eigenvalue weighted by atomic mass is 35.5. The molecule has 1 unspecified atom stereocenters. The highest BCUT2D eigenvalue weighted by Crippen LogP contribution is 2.31. The molecule has 1 atom stereocenters. The summed E-state index contributed by atoms with van der Waals surface area (Å²) in [6, 6.07) is 7.55. The molecule has 0 aliphatic rings. The summed E-state index contributed by atoms with van der Waals surface area (Å²) in [4.78, 5) is 17.6. The van der Waals surface area contributed by atoms with Gasteiger partial charge in [0.25, 0.3) is 0 Å². The van der Waals surface area contributed by atoms with Gasteiger partial charge < -0.3 is 5.32 Å². The van der Waals surface area contributed by atoms with Crippen LogP contribution in [0.2, 0.25) is 5.02 Å². The molecule has 1 amide bonds. The summed E-state index contributed by atoms with van der Waals surface area (Å²) in [5.74, 6) is 1.11. The SMILES string of the molecule is CCCCCCCCC(SCCCCCC)C(=O)Nc1c(Cl)ccc2ncccc12. The van der Waals surface area contributed by atoms with Crippen LogP contribution >= 0.6 is 23.4 Å². The maximum Gasteiger partial charge on any atom is 0.237 e. The number of fused-ring (bicyclic) bond motifs is 1. The van der Waals surface area contributed by atoms with E-state index in [4.69, 9.17) is 11.6 Å². The predicted molar refractivity (Wildman–Crippen MR) is 134 cm³/mol. The third-order valence-corrected chi connectivity index (χ3v) is 7.10. The maximum atomic E-state index is 13.2. The monoisotopic (exact) mass is 448 g/mol. The first-order valence-corrected chi connectivity index (χ1v) is 13.1. The summed E-state index contributed by atoms with van der Waals surface area (Å²) in [5.41, 5.74) is 1.53. The molecule has 0 spiro atoms. The molecule has 1 aromatic heterocycles. The van der Waals surface area contributed by atoms with Crippen LogP contribution in [-0.4, -0.2) is 21.9 Å². The van der Waals surface area contributed by atoms with E-state index in [0.717, 1.165) is 29.5 Å². The number of hydrogen-bond donors (Lipinski definition) is 1. The van der Waals surface area contributed by atoms with Gasteiger partial charge in [0.05, 0.1) is 21.5 Å². The third-order valence-electron chi connectivity index (χ3n) is 5.41. The van der Waals surface area contributed by atoms with Crippen LogP contribution in [0.1, 0.15) is 84.5 Å². The largest absolute Gasteiger partial charge is 0.323 e. The summed E-state index contributed by atoms with van der Waals surface area (Å²) in [6.07, 6.45) is 15.1. The Kier molecular flexibility index (Phi) is 12.2. The second-order valence-electron chi connectivity index (χ2n) is 7.96. The van der Waals surface area contributed by atoms with E-state index >= 15 is 0 Å². The van der Waals surface area contributed by atoms with E-state index in [9.17, 15) is 4.79 Å². The number of carbonyl (C=O) groups excluding carboxylic acids is 1. The number of carbonyl (C=O) groups is 1. The Labute approximate surface area is 191 Å². The number of amides is 1. The minimum absolute atomic E-state index is 0.0270. The number of unbranched alkanes of at least 4 members (excludes halogenated alkanes) is 8. The molecule has 0 saturated carbocycles. The van der Waals surface area contributed by atoms with Gasteiger partial charge in [-0.2, -0.15) is 0 Å². The minimum Gasteiger partial charge on any atom is -0.323 e. The van der Waals surface area contributed by atoms with Crippen molar-refractivity contribution in [3.63, 3.8) is 0 Å². The van der Waals surface area contributed by atoms with Crippen molar-refractivity contribution in [3.8, 4) is 0 Å². The number of pyridine rings is 1. The third kappa shape index (κ3) is 8.47. The number of nitrogens with zero attached hydrogens (tertiary/aromatic N) is 1. The van der Waals surface area contributed by atoms with Gasteiger partial charge in [0.15, 0.2) is 0 Å². The maximum absolute atomic E-state index is 13.2. The van der Waals surface area contributed by atoms with Gasteiger partial charge in [-0.1, -0.05) is 83.2 Å². The van der Waals surface area contributed by atoms with Gasteiger partial charge in [0, 0.05) is 11.6 Å². The van der Waals surface area contributed by atoms with Gasteiger partial charge in [-0.25, -0.2) is 0 Å². The zero-order valence-corrected chi connectivity index (χ0v) is 20.2. The molecular formula is C25H37ClN2OS. The van der Waals surface area contributed by atoms with Gasteiger partial charge in [0.1, 0.15) is 0 Å². The molecule has 3 nitrogen and oxygen atoms in total. The molecule has 0 bridgehead atoms. The molecule has 166 valence electrons. The van der Waals surface area contributed by atoms with Crippen molar-refractivity contribution >= 4 is 45.9 Å². The van der Waals surface area contributed by atoms with Crippen LogP contribution in [0.25, 0.3) is 10.9 Å². The smallest absolute Gasteiger partial charge is 0.237 e. The molecule has 0 radical (unpaired) electrons. The molecular weight excluding hydrogens is 412 g/mol. The lowest BCUT2D eigenvalue weighted by Crippen LogP contribution is -2.26. The molecule has 1 heterocycles. The Morgan fingerprint density at radius 2 is 1.70 bits per heavy atom. The molecule has 0 saturated heterocycles. The van der Waals surface area contributed by atoms with Gasteiger partial charge in [0.2, 0.25) is 5.91 Å². The summed E-state index contributed by atoms with van der Waals surface area (Å²) >= 11 is 8.25. The average molecular weight is 449 g/mol. The van der Waals surface area contributed by atoms with Crippen LogP contribution in [0, 0.1) is 0 Å². The van der Waals surface area contributed by atoms with Gasteiger partial charge in [-0.15, -0.1) is 11.8 Å². The molecule has 1 aromatic carbocycles. The molecule has 30 heavy (non-hydrogen) atoms. The molecule has 1 N–H and O–H groups in total. The summed E-state index contributed by atoms with van der Waals surface area (Å²) < 4.78 is 0. The fourth-order valence-corrected chi connectivity index (χ4v) is 5.02. The second-order valence-corrected chi connectivity index (χ2v) is 9.68. The van der Waals surface area contributed by atoms with Crippen LogP contribution in [-0.2, 0) is 4.79 Å². The first-order chi connectivity index (χ1) is 14.7. The lowest BCUT2D eigenvalue weighted by Gasteiger charge is -2.18. The van der Waals surface area contributed by atoms with Gasteiger partial charge >= 0.3 is 0 Å². The molecule has 2 aromatic rings. The Balaban J connectivity index is 1.99. The number of hydrogen-bond acceptors (Lipinski definition) is 3. The van der Waals surface area contributed by atoms with Crippen molar-refractivity contribution in [1.29, 1.82) is 0 Å². The summed E-state index contributed by atoms with van der Waals surface area (Å²) in [7, 11) is 0. The van der Waals surface area contributed by atoms with Crippen LogP contribution < -0.4 is 5.32 Å². The Hall–Kier alpha value is -1.26. The first kappa shape index (κ1) is 25.0. The number of nitrogens with one attached hydrogen (secondary N) is 1. The Morgan fingerprint density at radius 1 is 1.00 bits per heavy atom. The lowest BCUT2D eigenvalue weighted by molar-refractivity contribution is -0.115. The number of anilines is 1. The lowest BCUT2D eigenvalue weighted by atomic mass is 10.1. The summed E-state index contributed by atoms with van der Waals surface area (Å²) in [5, 5.41) is 4.57. The van der Waals surface area contributed by atoms with E-state index in [1.54, 1.807) is 6.20 Å². The van der Waals surface area contributed by atoms with E-state index < -0.39 is 0 Å². The Bertz CT molecular complexity index is 768. The first-order valence-electron chi connectivity index (χ1n) is 11.6. The minimum atomic E-state index is -0.0270. The molecule has 2 rings (SSSR count). The highest BCUT2D eigenvalue weighted by Gasteiger charge is 2.20. The van der Waals surface area contributed by atoms with Crippen LogP contribution in [0.3, 0.4) is 0 Å². The molecule has 0 aliphatic carbocycles. The number of thioether (sulfide) groups is 1. The Morgan fingerprint density at radius 3 is 2.47 bits per heavy atom. The van der Waals surface area contributed by atoms with E-state index in [1.807, 2.05) is 36.0 Å². The molecule has 5 heteroatoms. The standard InChI is InChI=1S/C25H37ClN2OS/c1-3-5-7-9-10-11-15-23(30-19-12-8-6-4-2)25(29)28-24-20-14-13-18-27-22(20)17-16-21(24)26/h13-14,16-18,23H,3-12,15,19H2,1-2H3,(H,28,29). The normalized spacial score (nSPS) is 12.2. The van der Waals surface area contributed by atoms with Crippen LogP contribution in [0.4, 0.5) is 5.69 Å². The molecule has 0 fully saturated rings. The topological polar surface area (TPSA) is 42.0 Å². The fourth-order valence-electron chi connectivity index (χ4n) is 3.61. The van der Waals surface area contributed by atoms with Crippen molar-refractivity contribution in [1.82, 2.24) is 4.98 Å². The van der Waals surface area contributed by atoms with Crippen molar-refractivity contribution in [3.05, 3.63) is 35.5 Å². The van der Waals surface area contributed by atoms with Crippen molar-refractivity contribution in [2.45, 2.75) is 89.7 Å². The van der Waals surface area contributed by atoms with E-state index in [-0.39, 0.29) is 11.2 Å². The summed E-state index contributed by atoms with van der Waals surface area (Å²) in [6.45, 7) is 4.47.